The maximum absolute atomic E-state index is 14.6. The SMILES string of the molecule is CCCCCCCCCCCCCCOC(=O)c1ccc(OC)c(NC(=O)C(c2nc3ccccc3c(=O)n2NCOc2ccccc2)N2C(=O)OC(C)(C)C2=O)c1. The molecule has 2 heterocycles. The van der Waals surface area contributed by atoms with Crippen molar-refractivity contribution in [1.82, 2.24) is 14.6 Å². The zero-order chi connectivity index (χ0) is 41.5. The Hall–Kier alpha value is -5.92. The van der Waals surface area contributed by atoms with Crippen LogP contribution in [0, 0.1) is 0 Å². The Balaban J connectivity index is 1.33. The summed E-state index contributed by atoms with van der Waals surface area (Å²) >= 11 is 0. The van der Waals surface area contributed by atoms with Gasteiger partial charge in [-0.15, -0.1) is 0 Å². The number of methoxy groups -OCH3 is 1. The fourth-order valence-corrected chi connectivity index (χ4v) is 6.76. The third kappa shape index (κ3) is 11.1. The summed E-state index contributed by atoms with van der Waals surface area (Å²) in [4.78, 5) is 74.2. The van der Waals surface area contributed by atoms with Gasteiger partial charge in [0.15, 0.2) is 24.2 Å². The zero-order valence-corrected chi connectivity index (χ0v) is 33.9. The number of nitrogens with one attached hydrogen (secondary N) is 2. The van der Waals surface area contributed by atoms with E-state index in [1.165, 1.54) is 90.5 Å². The van der Waals surface area contributed by atoms with E-state index in [1.807, 2.05) is 6.07 Å². The third-order valence-electron chi connectivity index (χ3n) is 9.95. The highest BCUT2D eigenvalue weighted by atomic mass is 16.6. The minimum atomic E-state index is -1.85. The number of esters is 1. The number of anilines is 1. The lowest BCUT2D eigenvalue weighted by Gasteiger charge is -2.27. The standard InChI is InChI=1S/C44H55N5O9/c1-5-6-7-8-9-10-11-12-13-14-15-21-28-56-41(52)31-26-27-36(55-4)35(29-31)47-39(50)37(48-42(53)44(2,3)58-43(48)54)38-46-34-25-20-19-24-33(34)40(51)49(38)45-30-57-32-22-17-16-18-23-32/h16-20,22-27,29,37,45H,5-15,21,28,30H2,1-4H3,(H,47,50). The minimum Gasteiger partial charge on any atom is -0.495 e. The Morgan fingerprint density at radius 2 is 1.47 bits per heavy atom. The molecule has 3 aromatic carbocycles. The first-order chi connectivity index (χ1) is 28.1. The summed E-state index contributed by atoms with van der Waals surface area (Å²) in [7, 11) is 1.39. The number of imide groups is 1. The number of para-hydroxylation sites is 2. The van der Waals surface area contributed by atoms with E-state index < -0.39 is 41.1 Å². The highest BCUT2D eigenvalue weighted by Crippen LogP contribution is 2.34. The van der Waals surface area contributed by atoms with Gasteiger partial charge in [0.25, 0.3) is 17.4 Å². The summed E-state index contributed by atoms with van der Waals surface area (Å²) in [6.45, 7) is 5.00. The summed E-state index contributed by atoms with van der Waals surface area (Å²) in [5.41, 5.74) is 1.00. The summed E-state index contributed by atoms with van der Waals surface area (Å²) in [6.07, 6.45) is 13.1. The molecule has 1 saturated heterocycles. The Bertz CT molecular complexity index is 2090. The quantitative estimate of drug-likeness (QED) is 0.0421. The van der Waals surface area contributed by atoms with Crippen molar-refractivity contribution in [3.8, 4) is 11.5 Å². The van der Waals surface area contributed by atoms with Crippen LogP contribution in [0.25, 0.3) is 10.9 Å². The normalized spacial score (nSPS) is 13.9. The fraction of sp³-hybridized carbons (Fsp3) is 0.455. The monoisotopic (exact) mass is 797 g/mol. The van der Waals surface area contributed by atoms with Crippen LogP contribution in [-0.4, -0.2) is 64.5 Å². The van der Waals surface area contributed by atoms with Crippen molar-refractivity contribution < 1.29 is 38.1 Å². The second kappa shape index (κ2) is 21.0. The first-order valence-corrected chi connectivity index (χ1v) is 20.2. The first-order valence-electron chi connectivity index (χ1n) is 20.2. The molecule has 2 N–H and O–H groups in total. The number of nitrogens with zero attached hydrogens (tertiary/aromatic N) is 3. The molecule has 1 aliphatic rings. The van der Waals surface area contributed by atoms with Gasteiger partial charge in [-0.25, -0.2) is 24.1 Å². The summed E-state index contributed by atoms with van der Waals surface area (Å²) in [5.74, 6) is -2.02. The van der Waals surface area contributed by atoms with E-state index in [0.717, 1.165) is 30.4 Å². The number of fused-ring (bicyclic) bond motifs is 1. The number of amides is 3. The molecule has 5 rings (SSSR count). The van der Waals surface area contributed by atoms with Crippen LogP contribution in [0.2, 0.25) is 0 Å². The average molecular weight is 798 g/mol. The molecule has 0 radical (unpaired) electrons. The van der Waals surface area contributed by atoms with Gasteiger partial charge in [0.1, 0.15) is 11.5 Å². The van der Waals surface area contributed by atoms with Crippen LogP contribution in [0.5, 0.6) is 11.5 Å². The molecule has 0 spiro atoms. The number of benzene rings is 3. The predicted octanol–water partition coefficient (Wildman–Crippen LogP) is 8.28. The lowest BCUT2D eigenvalue weighted by atomic mass is 10.1. The number of ether oxygens (including phenoxy) is 4. The van der Waals surface area contributed by atoms with E-state index in [1.54, 1.807) is 48.5 Å². The molecule has 14 nitrogen and oxygen atoms in total. The number of rotatable bonds is 23. The van der Waals surface area contributed by atoms with Crippen molar-refractivity contribution in [1.29, 1.82) is 0 Å². The maximum atomic E-state index is 14.6. The molecule has 3 amide bonds. The van der Waals surface area contributed by atoms with E-state index in [-0.39, 0.29) is 47.1 Å². The van der Waals surface area contributed by atoms with E-state index in [4.69, 9.17) is 18.9 Å². The number of carbonyl (C=O) groups is 4. The largest absolute Gasteiger partial charge is 0.495 e. The van der Waals surface area contributed by atoms with Crippen molar-refractivity contribution in [3.63, 3.8) is 0 Å². The molecule has 58 heavy (non-hydrogen) atoms. The van der Waals surface area contributed by atoms with Gasteiger partial charge in [-0.1, -0.05) is 108 Å². The molecule has 4 aromatic rings. The van der Waals surface area contributed by atoms with E-state index in [9.17, 15) is 24.0 Å². The number of hydrogen-bond donors (Lipinski definition) is 2. The van der Waals surface area contributed by atoms with Gasteiger partial charge in [0.05, 0.1) is 35.9 Å². The molecule has 0 saturated carbocycles. The first kappa shape index (κ1) is 43.2. The van der Waals surface area contributed by atoms with E-state index in [0.29, 0.717) is 10.6 Å². The van der Waals surface area contributed by atoms with Gasteiger partial charge in [0.2, 0.25) is 0 Å². The molecule has 14 heteroatoms. The molecular weight excluding hydrogens is 743 g/mol. The molecule has 1 aromatic heterocycles. The Morgan fingerprint density at radius 3 is 2.10 bits per heavy atom. The van der Waals surface area contributed by atoms with Crippen LogP contribution in [0.15, 0.2) is 77.6 Å². The van der Waals surface area contributed by atoms with Crippen molar-refractivity contribution in [2.75, 3.05) is 31.2 Å². The summed E-state index contributed by atoms with van der Waals surface area (Å²) in [6, 6.07) is 17.8. The molecule has 1 unspecified atom stereocenters. The second-order valence-corrected chi connectivity index (χ2v) is 14.8. The molecule has 0 bridgehead atoms. The highest BCUT2D eigenvalue weighted by molar-refractivity contribution is 6.08. The summed E-state index contributed by atoms with van der Waals surface area (Å²) in [5, 5.41) is 2.91. The number of cyclic esters (lactones) is 1. The average Bonchev–Trinajstić information content (AvgIpc) is 3.42. The molecule has 1 aliphatic heterocycles. The van der Waals surface area contributed by atoms with Crippen LogP contribution in [-0.2, 0) is 19.1 Å². The lowest BCUT2D eigenvalue weighted by molar-refractivity contribution is -0.139. The van der Waals surface area contributed by atoms with Crippen LogP contribution in [0.4, 0.5) is 10.5 Å². The predicted molar refractivity (Wildman–Crippen MR) is 220 cm³/mol. The molecule has 0 aliphatic carbocycles. The smallest absolute Gasteiger partial charge is 0.418 e. The molecule has 310 valence electrons. The van der Waals surface area contributed by atoms with E-state index in [2.05, 4.69) is 22.7 Å². The van der Waals surface area contributed by atoms with Gasteiger partial charge >= 0.3 is 12.1 Å². The minimum absolute atomic E-state index is 0.0478. The van der Waals surface area contributed by atoms with Crippen molar-refractivity contribution in [3.05, 3.63) is 94.5 Å². The number of hydrogen-bond acceptors (Lipinski definition) is 11. The van der Waals surface area contributed by atoms with E-state index >= 15 is 0 Å². The second-order valence-electron chi connectivity index (χ2n) is 14.8. The lowest BCUT2D eigenvalue weighted by Crippen LogP contribution is -2.47. The highest BCUT2D eigenvalue weighted by Gasteiger charge is 2.53. The fourth-order valence-electron chi connectivity index (χ4n) is 6.76. The summed E-state index contributed by atoms with van der Waals surface area (Å²) < 4.78 is 23.2. The van der Waals surface area contributed by atoms with Crippen LogP contribution >= 0.6 is 0 Å². The van der Waals surface area contributed by atoms with Gasteiger partial charge in [-0.3, -0.25) is 19.8 Å². The van der Waals surface area contributed by atoms with Crippen LogP contribution in [0.3, 0.4) is 0 Å². The Kier molecular flexibility index (Phi) is 15.7. The topological polar surface area (TPSA) is 167 Å². The third-order valence-corrected chi connectivity index (χ3v) is 9.95. The van der Waals surface area contributed by atoms with Crippen molar-refractivity contribution in [2.45, 2.75) is 109 Å². The Labute approximate surface area is 339 Å². The number of aromatic nitrogens is 2. The number of unbranched alkanes of at least 4 members (excludes halogenated alkanes) is 11. The van der Waals surface area contributed by atoms with Crippen molar-refractivity contribution in [2.24, 2.45) is 0 Å². The molecule has 1 fully saturated rings. The number of carbonyl (C=O) groups excluding carboxylic acids is 4. The molecule has 1 atom stereocenters. The van der Waals surface area contributed by atoms with Crippen LogP contribution in [0.1, 0.15) is 120 Å². The van der Waals surface area contributed by atoms with Gasteiger partial charge in [0, 0.05) is 0 Å². The zero-order valence-electron chi connectivity index (χ0n) is 33.9. The van der Waals surface area contributed by atoms with Crippen LogP contribution < -0.4 is 25.8 Å². The van der Waals surface area contributed by atoms with Gasteiger partial charge in [-0.2, -0.15) is 0 Å². The van der Waals surface area contributed by atoms with Gasteiger partial charge < -0.3 is 24.3 Å². The van der Waals surface area contributed by atoms with Gasteiger partial charge in [-0.05, 0) is 62.7 Å². The maximum Gasteiger partial charge on any atom is 0.418 e. The Morgan fingerprint density at radius 1 is 0.828 bits per heavy atom. The van der Waals surface area contributed by atoms with Crippen molar-refractivity contribution >= 4 is 40.5 Å². The molecular formula is C44H55N5O9.